The van der Waals surface area contributed by atoms with Gasteiger partial charge in [-0.25, -0.2) is 4.79 Å². The first-order valence-electron chi connectivity index (χ1n) is 7.22. The highest BCUT2D eigenvalue weighted by molar-refractivity contribution is 6.30. The Morgan fingerprint density at radius 1 is 0.958 bits per heavy atom. The van der Waals surface area contributed by atoms with Gasteiger partial charge in [0.2, 0.25) is 0 Å². The van der Waals surface area contributed by atoms with Crippen LogP contribution < -0.4 is 10.1 Å². The smallest absolute Gasteiger partial charge is 0.331 e. The summed E-state index contributed by atoms with van der Waals surface area (Å²) in [6.45, 7) is 0. The number of carbonyl (C=O) groups is 3. The maximum absolute atomic E-state index is 12.1. The number of hydrogen-bond acceptors (Lipinski definition) is 4. The van der Waals surface area contributed by atoms with E-state index >= 15 is 0 Å². The third kappa shape index (κ3) is 3.17. The number of carbonyl (C=O) groups excluding carboxylic acids is 3. The molecule has 3 rings (SSSR count). The average Bonchev–Trinajstić information content (AvgIpc) is 2.58. The second kappa shape index (κ2) is 6.37. The third-order valence-electron chi connectivity index (χ3n) is 3.45. The Balaban J connectivity index is 1.87. The van der Waals surface area contributed by atoms with E-state index in [4.69, 9.17) is 4.74 Å². The first kappa shape index (κ1) is 15.5. The Bertz CT molecular complexity index is 843. The molecule has 1 N–H and O–H groups in total. The third-order valence-corrected chi connectivity index (χ3v) is 3.45. The summed E-state index contributed by atoms with van der Waals surface area (Å²) >= 11 is 0. The van der Waals surface area contributed by atoms with Crippen LogP contribution in [0, 0.1) is 0 Å². The summed E-state index contributed by atoms with van der Waals surface area (Å²) in [6, 6.07) is 15.5. The molecule has 0 atom stereocenters. The number of likely N-dealkylation sites (N-methyl/N-ethyl adjacent to an activating group) is 1. The molecule has 1 aliphatic rings. The Morgan fingerprint density at radius 2 is 1.67 bits per heavy atom. The second-order valence-electron chi connectivity index (χ2n) is 5.17. The Kier molecular flexibility index (Phi) is 4.11. The topological polar surface area (TPSA) is 75.7 Å². The molecule has 0 saturated carbocycles. The van der Waals surface area contributed by atoms with Crippen LogP contribution in [0.2, 0.25) is 0 Å². The van der Waals surface area contributed by atoms with Gasteiger partial charge in [-0.15, -0.1) is 0 Å². The lowest BCUT2D eigenvalue weighted by molar-refractivity contribution is -0.129. The molecule has 2 aromatic rings. The van der Waals surface area contributed by atoms with E-state index < -0.39 is 17.8 Å². The molecular weight excluding hydrogens is 308 g/mol. The fourth-order valence-corrected chi connectivity index (χ4v) is 2.20. The lowest BCUT2D eigenvalue weighted by atomic mass is 10.1. The summed E-state index contributed by atoms with van der Waals surface area (Å²) in [5, 5.41) is 2.11. The number of imide groups is 2. The van der Waals surface area contributed by atoms with Gasteiger partial charge >= 0.3 is 6.03 Å². The van der Waals surface area contributed by atoms with E-state index in [1.807, 2.05) is 30.3 Å². The maximum atomic E-state index is 12.1. The number of benzene rings is 2. The summed E-state index contributed by atoms with van der Waals surface area (Å²) in [5.41, 5.74) is 0.513. The summed E-state index contributed by atoms with van der Waals surface area (Å²) in [5.74, 6) is -0.0987. The zero-order valence-electron chi connectivity index (χ0n) is 12.9. The van der Waals surface area contributed by atoms with Crippen LogP contribution in [0.25, 0.3) is 6.08 Å². The number of barbiturate groups is 1. The van der Waals surface area contributed by atoms with Gasteiger partial charge in [0.15, 0.2) is 0 Å². The fourth-order valence-electron chi connectivity index (χ4n) is 2.20. The Hall–Kier alpha value is -3.41. The van der Waals surface area contributed by atoms with E-state index in [2.05, 4.69) is 5.32 Å². The molecule has 1 aliphatic heterocycles. The first-order valence-corrected chi connectivity index (χ1v) is 7.22. The van der Waals surface area contributed by atoms with Gasteiger partial charge in [0, 0.05) is 7.05 Å². The normalized spacial score (nSPS) is 16.3. The molecule has 1 fully saturated rings. The van der Waals surface area contributed by atoms with Gasteiger partial charge in [-0.05, 0) is 35.9 Å². The quantitative estimate of drug-likeness (QED) is 0.696. The van der Waals surface area contributed by atoms with Gasteiger partial charge in [0.05, 0.1) is 0 Å². The summed E-state index contributed by atoms with van der Waals surface area (Å²) in [7, 11) is 1.31. The molecule has 1 saturated heterocycles. The van der Waals surface area contributed by atoms with Gasteiger partial charge < -0.3 is 4.74 Å². The maximum Gasteiger partial charge on any atom is 0.331 e. The number of rotatable bonds is 3. The molecule has 0 radical (unpaired) electrons. The van der Waals surface area contributed by atoms with Crippen LogP contribution in [0.1, 0.15) is 5.56 Å². The molecule has 0 aromatic heterocycles. The zero-order valence-corrected chi connectivity index (χ0v) is 12.9. The molecule has 6 nitrogen and oxygen atoms in total. The van der Waals surface area contributed by atoms with Crippen molar-refractivity contribution in [2.24, 2.45) is 0 Å². The van der Waals surface area contributed by atoms with Crippen molar-refractivity contribution in [1.82, 2.24) is 10.2 Å². The SMILES string of the molecule is CN1C(=O)NC(=O)C(=Cc2cccc(Oc3ccccc3)c2)C1=O. The number of nitrogens with zero attached hydrogens (tertiary/aromatic N) is 1. The molecular formula is C18H14N2O4. The minimum atomic E-state index is -0.733. The number of ether oxygens (including phenoxy) is 1. The van der Waals surface area contributed by atoms with Crippen molar-refractivity contribution in [2.45, 2.75) is 0 Å². The molecule has 2 aromatic carbocycles. The second-order valence-corrected chi connectivity index (χ2v) is 5.17. The van der Waals surface area contributed by atoms with Crippen LogP contribution >= 0.6 is 0 Å². The zero-order chi connectivity index (χ0) is 17.1. The highest BCUT2D eigenvalue weighted by Crippen LogP contribution is 2.23. The van der Waals surface area contributed by atoms with Crippen molar-refractivity contribution < 1.29 is 19.1 Å². The van der Waals surface area contributed by atoms with E-state index in [0.29, 0.717) is 17.1 Å². The minimum absolute atomic E-state index is 0.103. The van der Waals surface area contributed by atoms with Gasteiger partial charge in [0.25, 0.3) is 11.8 Å². The van der Waals surface area contributed by atoms with E-state index in [9.17, 15) is 14.4 Å². The van der Waals surface area contributed by atoms with Crippen LogP contribution in [-0.4, -0.2) is 29.8 Å². The molecule has 0 spiro atoms. The molecule has 6 heteroatoms. The first-order chi connectivity index (χ1) is 11.5. The van der Waals surface area contributed by atoms with Crippen molar-refractivity contribution in [1.29, 1.82) is 0 Å². The van der Waals surface area contributed by atoms with Gasteiger partial charge in [-0.2, -0.15) is 0 Å². The standard InChI is InChI=1S/C18H14N2O4/c1-20-17(22)15(16(21)19-18(20)23)11-12-6-5-9-14(10-12)24-13-7-3-2-4-8-13/h2-11H,1H3,(H,19,21,23). The van der Waals surface area contributed by atoms with Crippen LogP contribution in [-0.2, 0) is 9.59 Å². The number of hydrogen-bond donors (Lipinski definition) is 1. The number of para-hydroxylation sites is 1. The van der Waals surface area contributed by atoms with E-state index in [1.54, 1.807) is 24.3 Å². The van der Waals surface area contributed by atoms with E-state index in [1.165, 1.54) is 13.1 Å². The van der Waals surface area contributed by atoms with Crippen molar-refractivity contribution in [3.63, 3.8) is 0 Å². The summed E-state index contributed by atoms with van der Waals surface area (Å²) in [4.78, 5) is 36.2. The van der Waals surface area contributed by atoms with Crippen LogP contribution in [0.5, 0.6) is 11.5 Å². The molecule has 1 heterocycles. The number of nitrogens with one attached hydrogen (secondary N) is 1. The molecule has 0 bridgehead atoms. The van der Waals surface area contributed by atoms with Crippen molar-refractivity contribution in [3.8, 4) is 11.5 Å². The van der Waals surface area contributed by atoms with E-state index in [0.717, 1.165) is 4.90 Å². The van der Waals surface area contributed by atoms with Crippen LogP contribution in [0.3, 0.4) is 0 Å². The number of amides is 4. The molecule has 0 unspecified atom stereocenters. The van der Waals surface area contributed by atoms with Crippen LogP contribution in [0.4, 0.5) is 4.79 Å². The minimum Gasteiger partial charge on any atom is -0.457 e. The largest absolute Gasteiger partial charge is 0.457 e. The van der Waals surface area contributed by atoms with Crippen molar-refractivity contribution >= 4 is 23.9 Å². The molecule has 24 heavy (non-hydrogen) atoms. The van der Waals surface area contributed by atoms with Gasteiger partial charge in [-0.3, -0.25) is 19.8 Å². The summed E-state index contributed by atoms with van der Waals surface area (Å²) in [6.07, 6.45) is 1.43. The van der Waals surface area contributed by atoms with E-state index in [-0.39, 0.29) is 5.57 Å². The molecule has 120 valence electrons. The van der Waals surface area contributed by atoms with Crippen LogP contribution in [0.15, 0.2) is 60.2 Å². The summed E-state index contributed by atoms with van der Waals surface area (Å²) < 4.78 is 5.72. The monoisotopic (exact) mass is 322 g/mol. The fraction of sp³-hybridized carbons (Fsp3) is 0.0556. The Labute approximate surface area is 138 Å². The molecule has 4 amide bonds. The van der Waals surface area contributed by atoms with Crippen molar-refractivity contribution in [3.05, 3.63) is 65.7 Å². The van der Waals surface area contributed by atoms with Crippen molar-refractivity contribution in [2.75, 3.05) is 7.05 Å². The number of urea groups is 1. The lowest BCUT2D eigenvalue weighted by Gasteiger charge is -2.22. The highest BCUT2D eigenvalue weighted by atomic mass is 16.5. The molecule has 0 aliphatic carbocycles. The average molecular weight is 322 g/mol. The predicted octanol–water partition coefficient (Wildman–Crippen LogP) is 2.57. The highest BCUT2D eigenvalue weighted by Gasteiger charge is 2.32. The van der Waals surface area contributed by atoms with Gasteiger partial charge in [0.1, 0.15) is 17.1 Å². The lowest BCUT2D eigenvalue weighted by Crippen LogP contribution is -2.52. The Morgan fingerprint density at radius 3 is 2.42 bits per heavy atom. The van der Waals surface area contributed by atoms with Gasteiger partial charge in [-0.1, -0.05) is 30.3 Å². The predicted molar refractivity (Wildman–Crippen MR) is 87.2 cm³/mol.